The fourth-order valence-corrected chi connectivity index (χ4v) is 3.07. The molecule has 8 nitrogen and oxygen atoms in total. The Morgan fingerprint density at radius 2 is 1.62 bits per heavy atom. The summed E-state index contributed by atoms with van der Waals surface area (Å²) in [5, 5.41) is 11.6. The molecule has 32 heavy (non-hydrogen) atoms. The van der Waals surface area contributed by atoms with Gasteiger partial charge in [-0.1, -0.05) is 18.2 Å². The molecule has 0 saturated heterocycles. The Morgan fingerprint density at radius 3 is 2.16 bits per heavy atom. The first-order valence-corrected chi connectivity index (χ1v) is 9.64. The molecule has 1 atom stereocenters. The summed E-state index contributed by atoms with van der Waals surface area (Å²) in [5.41, 5.74) is -0.885. The first kappa shape index (κ1) is 25.1. The first-order chi connectivity index (χ1) is 15.0. The van der Waals surface area contributed by atoms with Crippen molar-refractivity contribution in [1.29, 1.82) is 0 Å². The number of hydrogen-bond acceptors (Lipinski definition) is 8. The number of aliphatic hydroxyl groups is 1. The Labute approximate surface area is 182 Å². The molecule has 1 aromatic carbocycles. The molecule has 1 aromatic rings. The lowest BCUT2D eigenvalue weighted by atomic mass is 9.87. The number of carbonyl (C=O) groups is 2. The lowest BCUT2D eigenvalue weighted by molar-refractivity contribution is -0.138. The molecule has 0 fully saturated rings. The van der Waals surface area contributed by atoms with E-state index in [0.29, 0.717) is 0 Å². The number of allylic oxidation sites excluding steroid dienone is 2. The predicted octanol–water partition coefficient (Wildman–Crippen LogP) is 4.56. The fraction of sp³-hybridized carbons (Fsp3) is 0.429. The van der Waals surface area contributed by atoms with Gasteiger partial charge in [0.25, 0.3) is 0 Å². The summed E-state index contributed by atoms with van der Waals surface area (Å²) in [6.07, 6.45) is -7.65. The quantitative estimate of drug-likeness (QED) is 0.597. The summed E-state index contributed by atoms with van der Waals surface area (Å²) in [7, 11) is 0. The Balaban J connectivity index is 2.60. The van der Waals surface area contributed by atoms with E-state index in [2.05, 4.69) is 10.1 Å². The number of ether oxygens (including phenoxy) is 4. The van der Waals surface area contributed by atoms with Gasteiger partial charge in [-0.15, -0.1) is 0 Å². The smallest absolute Gasteiger partial charge is 0.432 e. The van der Waals surface area contributed by atoms with Crippen LogP contribution in [0.15, 0.2) is 47.2 Å². The Morgan fingerprint density at radius 1 is 1.06 bits per heavy atom. The largest absolute Gasteiger partial charge is 0.513 e. The van der Waals surface area contributed by atoms with Crippen molar-refractivity contribution in [2.45, 2.75) is 45.9 Å². The first-order valence-electron chi connectivity index (χ1n) is 9.64. The van der Waals surface area contributed by atoms with E-state index in [4.69, 9.17) is 19.3 Å². The molecule has 0 saturated carbocycles. The van der Waals surface area contributed by atoms with Crippen molar-refractivity contribution in [3.63, 3.8) is 0 Å². The van der Waals surface area contributed by atoms with Crippen molar-refractivity contribution in [3.8, 4) is 0 Å². The molecule has 0 spiro atoms. The van der Waals surface area contributed by atoms with E-state index < -0.39 is 42.7 Å². The fourth-order valence-electron chi connectivity index (χ4n) is 3.07. The van der Waals surface area contributed by atoms with Crippen LogP contribution in [0.3, 0.4) is 0 Å². The van der Waals surface area contributed by atoms with Crippen LogP contribution in [0.5, 0.6) is 0 Å². The average molecular weight is 459 g/mol. The van der Waals surface area contributed by atoms with E-state index in [-0.39, 0.29) is 35.1 Å². The standard InChI is InChI=1S/C21H24F3NO7/c1-11(2)30-20(28)32-18-13(4)25-12(3)17(31-19(27)29-10-9-26)16(18)14-7-5-6-8-15(14)21(22,23)24/h5-8,11,16,25-26H,9-10H2,1-4H3. The summed E-state index contributed by atoms with van der Waals surface area (Å²) in [6, 6.07) is 4.65. The third-order valence-electron chi connectivity index (χ3n) is 4.25. The normalized spacial score (nSPS) is 16.6. The van der Waals surface area contributed by atoms with E-state index in [1.54, 1.807) is 13.8 Å². The number of nitrogens with one attached hydrogen (secondary N) is 1. The Hall–Kier alpha value is -3.21. The topological polar surface area (TPSA) is 103 Å². The average Bonchev–Trinajstić information content (AvgIpc) is 2.69. The second kappa shape index (κ2) is 10.4. The number of dihydropyridines is 1. The van der Waals surface area contributed by atoms with Crippen LogP contribution >= 0.6 is 0 Å². The van der Waals surface area contributed by atoms with E-state index in [9.17, 15) is 22.8 Å². The predicted molar refractivity (Wildman–Crippen MR) is 105 cm³/mol. The number of hydrogen-bond donors (Lipinski definition) is 2. The summed E-state index contributed by atoms with van der Waals surface area (Å²) in [4.78, 5) is 24.2. The molecule has 0 radical (unpaired) electrons. The van der Waals surface area contributed by atoms with E-state index in [1.165, 1.54) is 32.0 Å². The molecule has 0 aliphatic carbocycles. The summed E-state index contributed by atoms with van der Waals surface area (Å²) in [6.45, 7) is 5.28. The molecular weight excluding hydrogens is 435 g/mol. The minimum absolute atomic E-state index is 0.204. The zero-order chi connectivity index (χ0) is 24.1. The highest BCUT2D eigenvalue weighted by molar-refractivity contribution is 5.65. The SMILES string of the molecule is CC1=C(OC(=O)OCCO)C(c2ccccc2C(F)(F)F)C(OC(=O)OC(C)C)=C(C)N1. The van der Waals surface area contributed by atoms with Crippen LogP contribution < -0.4 is 5.32 Å². The number of halogens is 3. The zero-order valence-electron chi connectivity index (χ0n) is 17.9. The van der Waals surface area contributed by atoms with Gasteiger partial charge in [0.2, 0.25) is 0 Å². The van der Waals surface area contributed by atoms with Crippen LogP contribution in [0.1, 0.15) is 44.7 Å². The van der Waals surface area contributed by atoms with Gasteiger partial charge in [0.05, 0.1) is 29.7 Å². The minimum atomic E-state index is -4.74. The number of alkyl halides is 3. The molecule has 0 amide bonds. The zero-order valence-corrected chi connectivity index (χ0v) is 17.9. The van der Waals surface area contributed by atoms with E-state index in [1.807, 2.05) is 0 Å². The van der Waals surface area contributed by atoms with Crippen LogP contribution in [0.25, 0.3) is 0 Å². The van der Waals surface area contributed by atoms with Gasteiger partial charge < -0.3 is 29.4 Å². The highest BCUT2D eigenvalue weighted by Gasteiger charge is 2.42. The Kier molecular flexibility index (Phi) is 8.14. The number of rotatable bonds is 6. The van der Waals surface area contributed by atoms with Gasteiger partial charge >= 0.3 is 18.5 Å². The van der Waals surface area contributed by atoms with Gasteiger partial charge in [-0.25, -0.2) is 9.59 Å². The summed E-state index contributed by atoms with van der Waals surface area (Å²) >= 11 is 0. The molecular formula is C21H24F3NO7. The van der Waals surface area contributed by atoms with Gasteiger partial charge in [0.1, 0.15) is 24.0 Å². The molecule has 1 aliphatic rings. The Bertz CT molecular complexity index is 922. The van der Waals surface area contributed by atoms with Gasteiger partial charge in [-0.2, -0.15) is 13.2 Å². The maximum atomic E-state index is 13.8. The van der Waals surface area contributed by atoms with Crippen molar-refractivity contribution in [2.24, 2.45) is 0 Å². The molecule has 2 N–H and O–H groups in total. The van der Waals surface area contributed by atoms with Gasteiger partial charge in [0, 0.05) is 0 Å². The van der Waals surface area contributed by atoms with Crippen molar-refractivity contribution in [3.05, 3.63) is 58.3 Å². The van der Waals surface area contributed by atoms with Crippen LogP contribution in [0.4, 0.5) is 22.8 Å². The third kappa shape index (κ3) is 6.16. The molecule has 1 unspecified atom stereocenters. The van der Waals surface area contributed by atoms with Crippen molar-refractivity contribution >= 4 is 12.3 Å². The molecule has 2 rings (SSSR count). The van der Waals surface area contributed by atoms with E-state index in [0.717, 1.165) is 6.07 Å². The highest BCUT2D eigenvalue weighted by Crippen LogP contribution is 2.44. The van der Waals surface area contributed by atoms with Crippen molar-refractivity contribution < 1.29 is 46.8 Å². The monoisotopic (exact) mass is 459 g/mol. The molecule has 0 aromatic heterocycles. The van der Waals surface area contributed by atoms with Gasteiger partial charge in [-0.05, 0) is 39.3 Å². The van der Waals surface area contributed by atoms with Crippen LogP contribution in [0, 0.1) is 0 Å². The number of aliphatic hydroxyl groups excluding tert-OH is 1. The second-order valence-electron chi connectivity index (χ2n) is 7.06. The van der Waals surface area contributed by atoms with E-state index >= 15 is 0 Å². The highest BCUT2D eigenvalue weighted by atomic mass is 19.4. The van der Waals surface area contributed by atoms with Crippen molar-refractivity contribution in [1.82, 2.24) is 5.32 Å². The van der Waals surface area contributed by atoms with Crippen LogP contribution in [-0.2, 0) is 25.1 Å². The molecule has 1 heterocycles. The van der Waals surface area contributed by atoms with Crippen LogP contribution in [0.2, 0.25) is 0 Å². The van der Waals surface area contributed by atoms with Gasteiger partial charge in [-0.3, -0.25) is 0 Å². The maximum absolute atomic E-state index is 13.8. The van der Waals surface area contributed by atoms with Gasteiger partial charge in [0.15, 0.2) is 0 Å². The maximum Gasteiger partial charge on any atom is 0.513 e. The minimum Gasteiger partial charge on any atom is -0.432 e. The summed E-state index contributed by atoms with van der Waals surface area (Å²) < 4.78 is 61.4. The lowest BCUT2D eigenvalue weighted by Gasteiger charge is -2.31. The summed E-state index contributed by atoms with van der Waals surface area (Å²) in [5.74, 6) is -1.92. The lowest BCUT2D eigenvalue weighted by Crippen LogP contribution is -2.30. The molecule has 1 aliphatic heterocycles. The molecule has 176 valence electrons. The van der Waals surface area contributed by atoms with Crippen LogP contribution in [-0.4, -0.2) is 36.7 Å². The number of carbonyl (C=O) groups excluding carboxylic acids is 2. The molecule has 11 heteroatoms. The van der Waals surface area contributed by atoms with Crippen molar-refractivity contribution in [2.75, 3.05) is 13.2 Å². The number of benzene rings is 1. The third-order valence-corrected chi connectivity index (χ3v) is 4.25. The second-order valence-corrected chi connectivity index (χ2v) is 7.06. The molecule has 0 bridgehead atoms.